The van der Waals surface area contributed by atoms with Crippen molar-refractivity contribution < 1.29 is 0 Å². The Morgan fingerprint density at radius 1 is 0.446 bits per heavy atom. The number of aryl methyl sites for hydroxylation is 1. The fraction of sp³-hybridized carbons (Fsp3) is 0.143. The molecule has 1 aliphatic carbocycles. The average molecular weight is 721 g/mol. The quantitative estimate of drug-likeness (QED) is 0.150. The third-order valence-electron chi connectivity index (χ3n) is 12.2. The highest BCUT2D eigenvalue weighted by molar-refractivity contribution is 6.21. The van der Waals surface area contributed by atoms with Gasteiger partial charge in [0.1, 0.15) is 0 Å². The molecule has 0 saturated heterocycles. The van der Waals surface area contributed by atoms with Crippen LogP contribution >= 0.6 is 0 Å². The Bertz CT molecular complexity index is 2740. The molecular formula is C56H48. The Labute approximate surface area is 332 Å². The van der Waals surface area contributed by atoms with E-state index in [1.165, 1.54) is 93.9 Å². The van der Waals surface area contributed by atoms with Crippen molar-refractivity contribution in [2.24, 2.45) is 0 Å². The molecule has 0 heteroatoms. The summed E-state index contributed by atoms with van der Waals surface area (Å²) in [4.78, 5) is 0. The number of hydrogen-bond donors (Lipinski definition) is 0. The Hall–Kier alpha value is -6.24. The van der Waals surface area contributed by atoms with Gasteiger partial charge < -0.3 is 0 Å². The zero-order valence-electron chi connectivity index (χ0n) is 33.1. The van der Waals surface area contributed by atoms with E-state index in [4.69, 9.17) is 0 Å². The summed E-state index contributed by atoms with van der Waals surface area (Å²) in [6, 6.07) is 60.7. The van der Waals surface area contributed by atoms with E-state index in [1.54, 1.807) is 0 Å². The summed E-state index contributed by atoms with van der Waals surface area (Å²) in [5, 5.41) is 5.11. The van der Waals surface area contributed by atoms with E-state index in [0.29, 0.717) is 0 Å². The van der Waals surface area contributed by atoms with Crippen LogP contribution in [0, 0.1) is 6.92 Å². The van der Waals surface area contributed by atoms with Crippen molar-refractivity contribution in [3.8, 4) is 44.5 Å². The fourth-order valence-corrected chi connectivity index (χ4v) is 9.21. The minimum absolute atomic E-state index is 0.0105. The molecule has 0 unspecified atom stereocenters. The first-order valence-electron chi connectivity index (χ1n) is 20.0. The van der Waals surface area contributed by atoms with Crippen LogP contribution < -0.4 is 0 Å². The molecule has 0 fully saturated rings. The van der Waals surface area contributed by atoms with E-state index in [-0.39, 0.29) is 10.8 Å². The summed E-state index contributed by atoms with van der Waals surface area (Å²) in [6.45, 7) is 11.9. The lowest BCUT2D eigenvalue weighted by Crippen LogP contribution is -2.26. The number of fused-ring (bicyclic) bond motifs is 3. The summed E-state index contributed by atoms with van der Waals surface area (Å²) in [5.41, 5.74) is 16.5. The van der Waals surface area contributed by atoms with Gasteiger partial charge >= 0.3 is 0 Å². The lowest BCUT2D eigenvalue weighted by molar-refractivity contribution is 0.528. The lowest BCUT2D eigenvalue weighted by Gasteiger charge is -2.35. The van der Waals surface area contributed by atoms with Gasteiger partial charge in [-0.2, -0.15) is 0 Å². The van der Waals surface area contributed by atoms with Gasteiger partial charge in [-0.3, -0.25) is 0 Å². The van der Waals surface area contributed by atoms with E-state index >= 15 is 0 Å². The molecular weight excluding hydrogens is 673 g/mol. The minimum atomic E-state index is -0.267. The fourth-order valence-electron chi connectivity index (χ4n) is 9.21. The van der Waals surface area contributed by atoms with Crippen molar-refractivity contribution in [3.63, 3.8) is 0 Å². The largest absolute Gasteiger partial charge is 0.0837 e. The Balaban J connectivity index is 1.16. The molecule has 0 nitrogen and oxygen atoms in total. The second kappa shape index (κ2) is 14.1. The summed E-state index contributed by atoms with van der Waals surface area (Å²) >= 11 is 0. The van der Waals surface area contributed by atoms with Gasteiger partial charge in [0.25, 0.3) is 0 Å². The summed E-state index contributed by atoms with van der Waals surface area (Å²) in [5.74, 6) is 0. The van der Waals surface area contributed by atoms with E-state index < -0.39 is 0 Å². The number of benzene rings is 8. The van der Waals surface area contributed by atoms with Crippen LogP contribution in [0.2, 0.25) is 0 Å². The summed E-state index contributed by atoms with van der Waals surface area (Å²) in [6.07, 6.45) is 10.1. The van der Waals surface area contributed by atoms with Gasteiger partial charge in [0, 0.05) is 5.41 Å². The van der Waals surface area contributed by atoms with Crippen LogP contribution in [0.5, 0.6) is 0 Å². The lowest BCUT2D eigenvalue weighted by atomic mass is 9.68. The van der Waals surface area contributed by atoms with Crippen LogP contribution in [-0.4, -0.2) is 0 Å². The number of allylic oxidation sites excluding steroid dienone is 3. The first-order valence-corrected chi connectivity index (χ1v) is 20.0. The number of hydrogen-bond acceptors (Lipinski definition) is 0. The molecule has 0 atom stereocenters. The number of rotatable bonds is 6. The normalized spacial score (nSPS) is 14.9. The molecule has 8 aromatic rings. The zero-order valence-corrected chi connectivity index (χ0v) is 33.1. The van der Waals surface area contributed by atoms with Crippen molar-refractivity contribution in [3.05, 3.63) is 210 Å². The molecule has 1 aliphatic rings. The van der Waals surface area contributed by atoms with Crippen LogP contribution in [0.4, 0.5) is 0 Å². The monoisotopic (exact) mass is 720 g/mol. The van der Waals surface area contributed by atoms with Crippen molar-refractivity contribution in [2.75, 3.05) is 0 Å². The van der Waals surface area contributed by atoms with E-state index in [2.05, 4.69) is 223 Å². The van der Waals surface area contributed by atoms with Crippen molar-refractivity contribution in [1.82, 2.24) is 0 Å². The first kappa shape index (κ1) is 35.5. The molecule has 0 aliphatic heterocycles. The van der Waals surface area contributed by atoms with E-state index in [1.807, 2.05) is 0 Å². The second-order valence-electron chi connectivity index (χ2n) is 16.7. The van der Waals surface area contributed by atoms with Crippen LogP contribution in [-0.2, 0) is 10.8 Å². The Kier molecular flexibility index (Phi) is 8.94. The van der Waals surface area contributed by atoms with Gasteiger partial charge in [0.05, 0.1) is 0 Å². The smallest absolute Gasteiger partial charge is 0.0155 e. The standard InChI is InChI=1S/C56H48/c1-38-28-29-43(35-50(38)56(4,5)52-37-44(39-19-9-6-10-20-39)36-51-49(52)27-13-8-18-34-55(51,2)3)40-30-32-42(33-31-40)54-47-25-16-14-23-45(47)53(41-21-11-7-12-22-41)46-24-15-17-26-48(46)54/h6-33,35-37H,34H2,1-5H3/b18-8-,27-13-. The predicted octanol–water partition coefficient (Wildman–Crippen LogP) is 15.5. The average Bonchev–Trinajstić information content (AvgIpc) is 3.22. The van der Waals surface area contributed by atoms with E-state index in [0.717, 1.165) is 6.42 Å². The maximum Gasteiger partial charge on any atom is 0.0155 e. The molecule has 56 heavy (non-hydrogen) atoms. The predicted molar refractivity (Wildman–Crippen MR) is 242 cm³/mol. The van der Waals surface area contributed by atoms with Gasteiger partial charge in [-0.15, -0.1) is 0 Å². The molecule has 0 saturated carbocycles. The van der Waals surface area contributed by atoms with Crippen molar-refractivity contribution in [1.29, 1.82) is 0 Å². The molecule has 8 aromatic carbocycles. The molecule has 0 bridgehead atoms. The minimum Gasteiger partial charge on any atom is -0.0837 e. The van der Waals surface area contributed by atoms with Crippen LogP contribution in [0.15, 0.2) is 182 Å². The van der Waals surface area contributed by atoms with E-state index in [9.17, 15) is 0 Å². The Morgan fingerprint density at radius 3 is 1.50 bits per heavy atom. The second-order valence-corrected chi connectivity index (χ2v) is 16.7. The van der Waals surface area contributed by atoms with Gasteiger partial charge in [-0.25, -0.2) is 0 Å². The molecule has 0 aromatic heterocycles. The van der Waals surface area contributed by atoms with Crippen LogP contribution in [0.1, 0.15) is 61.9 Å². The topological polar surface area (TPSA) is 0 Å². The van der Waals surface area contributed by atoms with Crippen LogP contribution in [0.25, 0.3) is 72.1 Å². The summed E-state index contributed by atoms with van der Waals surface area (Å²) < 4.78 is 0. The zero-order chi connectivity index (χ0) is 38.4. The molecule has 0 N–H and O–H groups in total. The third-order valence-corrected chi connectivity index (χ3v) is 12.2. The Morgan fingerprint density at radius 2 is 0.911 bits per heavy atom. The molecule has 272 valence electrons. The molecule has 0 amide bonds. The van der Waals surface area contributed by atoms with Gasteiger partial charge in [-0.1, -0.05) is 204 Å². The summed E-state index contributed by atoms with van der Waals surface area (Å²) in [7, 11) is 0. The first-order chi connectivity index (χ1) is 27.2. The van der Waals surface area contributed by atoms with Crippen molar-refractivity contribution >= 4 is 27.6 Å². The van der Waals surface area contributed by atoms with Gasteiger partial charge in [0.2, 0.25) is 0 Å². The van der Waals surface area contributed by atoms with Gasteiger partial charge in [-0.05, 0) is 125 Å². The molecule has 0 heterocycles. The molecule has 0 radical (unpaired) electrons. The maximum atomic E-state index is 2.46. The molecule has 0 spiro atoms. The SMILES string of the molecule is Cc1ccc(-c2ccc(-c3c4ccccc4c(-c4ccccc4)c4ccccc34)cc2)cc1C(C)(C)c1cc(-c2ccccc2)cc2c1/C=C\C=C/CC2(C)C. The van der Waals surface area contributed by atoms with Crippen LogP contribution in [0.3, 0.4) is 0 Å². The van der Waals surface area contributed by atoms with Crippen molar-refractivity contribution in [2.45, 2.75) is 51.9 Å². The highest BCUT2D eigenvalue weighted by atomic mass is 14.4. The van der Waals surface area contributed by atoms with Gasteiger partial charge in [0.15, 0.2) is 0 Å². The highest BCUT2D eigenvalue weighted by Crippen LogP contribution is 2.46. The maximum absolute atomic E-state index is 2.46. The third kappa shape index (κ3) is 6.20. The molecule has 9 rings (SSSR count). The highest BCUT2D eigenvalue weighted by Gasteiger charge is 2.33.